The molecule has 0 aliphatic carbocycles. The number of H-pyrrole nitrogens is 1. The average Bonchev–Trinajstić information content (AvgIpc) is 3.39. The number of hydrogen-bond donors (Lipinski definition) is 1. The van der Waals surface area contributed by atoms with Gasteiger partial charge in [-0.3, -0.25) is 4.90 Å². The molecule has 1 aromatic carbocycles. The molecule has 0 saturated carbocycles. The number of nitrogens with one attached hydrogen (secondary N) is 1. The van der Waals surface area contributed by atoms with Gasteiger partial charge in [0.2, 0.25) is 5.88 Å². The molecule has 4 heterocycles. The van der Waals surface area contributed by atoms with Gasteiger partial charge in [-0.25, -0.2) is 9.50 Å². The first-order valence-corrected chi connectivity index (χ1v) is 7.99. The molecule has 0 unspecified atom stereocenters. The molecule has 1 N–H and O–H groups in total. The molecule has 5 rings (SSSR count). The van der Waals surface area contributed by atoms with Crippen LogP contribution in [0.5, 0.6) is 0 Å². The van der Waals surface area contributed by atoms with E-state index in [-0.39, 0.29) is 0 Å². The SMILES string of the molecule is CN(c1ccc2ncc(-c3ccc4[nH]ccc4c3)n2n1)c1ccco1. The van der Waals surface area contributed by atoms with Gasteiger partial charge in [0.05, 0.1) is 18.2 Å². The van der Waals surface area contributed by atoms with E-state index in [1.807, 2.05) is 53.1 Å². The monoisotopic (exact) mass is 329 g/mol. The summed E-state index contributed by atoms with van der Waals surface area (Å²) < 4.78 is 7.32. The largest absolute Gasteiger partial charge is 0.448 e. The highest BCUT2D eigenvalue weighted by atomic mass is 16.3. The molecule has 0 fully saturated rings. The number of hydrogen-bond acceptors (Lipinski definition) is 4. The average molecular weight is 329 g/mol. The quantitative estimate of drug-likeness (QED) is 0.538. The van der Waals surface area contributed by atoms with Crippen LogP contribution in [0.25, 0.3) is 27.8 Å². The van der Waals surface area contributed by atoms with E-state index >= 15 is 0 Å². The van der Waals surface area contributed by atoms with Crippen molar-refractivity contribution in [3.05, 3.63) is 67.2 Å². The third-order valence-electron chi connectivity index (χ3n) is 4.38. The zero-order valence-corrected chi connectivity index (χ0v) is 13.5. The Balaban J connectivity index is 1.64. The number of aromatic nitrogens is 4. The van der Waals surface area contributed by atoms with Crippen molar-refractivity contribution in [2.75, 3.05) is 11.9 Å². The number of benzene rings is 1. The molecule has 0 aliphatic heterocycles. The van der Waals surface area contributed by atoms with Crippen molar-refractivity contribution in [2.24, 2.45) is 0 Å². The standard InChI is InChI=1S/C19H15N5O/c1-23(19-3-2-10-25-19)18-7-6-17-21-12-16(24(17)22-18)14-4-5-15-13(11-14)8-9-20-15/h2-12,20H,1H3. The third-order valence-corrected chi connectivity index (χ3v) is 4.38. The number of furan rings is 1. The summed E-state index contributed by atoms with van der Waals surface area (Å²) in [6.45, 7) is 0. The predicted molar refractivity (Wildman–Crippen MR) is 97.1 cm³/mol. The Labute approximate surface area is 143 Å². The van der Waals surface area contributed by atoms with E-state index in [1.165, 1.54) is 0 Å². The highest BCUT2D eigenvalue weighted by molar-refractivity contribution is 5.84. The number of imidazole rings is 1. The predicted octanol–water partition coefficient (Wildman–Crippen LogP) is 4.24. The maximum atomic E-state index is 5.46. The van der Waals surface area contributed by atoms with Gasteiger partial charge >= 0.3 is 0 Å². The Morgan fingerprint density at radius 2 is 2.08 bits per heavy atom. The van der Waals surface area contributed by atoms with Crippen LogP contribution in [-0.4, -0.2) is 26.6 Å². The summed E-state index contributed by atoms with van der Waals surface area (Å²) in [4.78, 5) is 9.59. The van der Waals surface area contributed by atoms with E-state index in [0.717, 1.165) is 39.5 Å². The van der Waals surface area contributed by atoms with Crippen molar-refractivity contribution in [3.63, 3.8) is 0 Å². The Bertz CT molecular complexity index is 1170. The first-order chi connectivity index (χ1) is 12.3. The topological polar surface area (TPSA) is 62.4 Å². The van der Waals surface area contributed by atoms with Gasteiger partial charge in [-0.1, -0.05) is 6.07 Å². The maximum Gasteiger partial charge on any atom is 0.200 e. The lowest BCUT2D eigenvalue weighted by molar-refractivity contribution is 0.568. The summed E-state index contributed by atoms with van der Waals surface area (Å²) in [5, 5.41) is 5.91. The van der Waals surface area contributed by atoms with Crippen molar-refractivity contribution in [1.82, 2.24) is 19.6 Å². The number of anilines is 2. The van der Waals surface area contributed by atoms with Crippen LogP contribution in [0.4, 0.5) is 11.7 Å². The molecule has 0 bridgehead atoms. The highest BCUT2D eigenvalue weighted by Gasteiger charge is 2.12. The fraction of sp³-hybridized carbons (Fsp3) is 0.0526. The van der Waals surface area contributed by atoms with E-state index in [0.29, 0.717) is 0 Å². The molecule has 0 atom stereocenters. The van der Waals surface area contributed by atoms with Crippen LogP contribution < -0.4 is 4.90 Å². The molecule has 0 aliphatic rings. The van der Waals surface area contributed by atoms with Crippen LogP contribution in [-0.2, 0) is 0 Å². The lowest BCUT2D eigenvalue weighted by Crippen LogP contribution is -2.12. The van der Waals surface area contributed by atoms with E-state index < -0.39 is 0 Å². The zero-order valence-electron chi connectivity index (χ0n) is 13.5. The minimum atomic E-state index is 0.738. The number of nitrogens with zero attached hydrogens (tertiary/aromatic N) is 4. The summed E-state index contributed by atoms with van der Waals surface area (Å²) in [5.41, 5.74) is 3.95. The second-order valence-corrected chi connectivity index (χ2v) is 5.89. The van der Waals surface area contributed by atoms with Gasteiger partial charge in [0.1, 0.15) is 0 Å². The lowest BCUT2D eigenvalue weighted by atomic mass is 10.1. The van der Waals surface area contributed by atoms with Gasteiger partial charge < -0.3 is 9.40 Å². The third kappa shape index (κ3) is 2.19. The second-order valence-electron chi connectivity index (χ2n) is 5.89. The normalized spacial score (nSPS) is 11.4. The molecule has 6 heteroatoms. The summed E-state index contributed by atoms with van der Waals surface area (Å²) in [6, 6.07) is 16.0. The summed E-state index contributed by atoms with van der Waals surface area (Å²) >= 11 is 0. The first kappa shape index (κ1) is 13.9. The molecule has 0 saturated heterocycles. The van der Waals surface area contributed by atoms with Crippen molar-refractivity contribution in [1.29, 1.82) is 0 Å². The van der Waals surface area contributed by atoms with Gasteiger partial charge in [0.25, 0.3) is 0 Å². The van der Waals surface area contributed by atoms with Gasteiger partial charge in [-0.2, -0.15) is 0 Å². The fourth-order valence-corrected chi connectivity index (χ4v) is 3.03. The maximum absolute atomic E-state index is 5.46. The highest BCUT2D eigenvalue weighted by Crippen LogP contribution is 2.27. The zero-order chi connectivity index (χ0) is 16.8. The van der Waals surface area contributed by atoms with Gasteiger partial charge in [0, 0.05) is 35.8 Å². The first-order valence-electron chi connectivity index (χ1n) is 7.99. The lowest BCUT2D eigenvalue weighted by Gasteiger charge is -2.15. The smallest absolute Gasteiger partial charge is 0.200 e. The number of fused-ring (bicyclic) bond motifs is 2. The van der Waals surface area contributed by atoms with E-state index in [2.05, 4.69) is 34.2 Å². The molecule has 0 amide bonds. The van der Waals surface area contributed by atoms with Crippen molar-refractivity contribution < 1.29 is 4.42 Å². The van der Waals surface area contributed by atoms with Crippen LogP contribution in [0.3, 0.4) is 0 Å². The molecule has 0 spiro atoms. The van der Waals surface area contributed by atoms with E-state index in [4.69, 9.17) is 9.52 Å². The number of aromatic amines is 1. The molecule has 122 valence electrons. The molecular weight excluding hydrogens is 314 g/mol. The molecule has 25 heavy (non-hydrogen) atoms. The minimum Gasteiger partial charge on any atom is -0.448 e. The van der Waals surface area contributed by atoms with Crippen molar-refractivity contribution in [2.45, 2.75) is 0 Å². The summed E-state index contributed by atoms with van der Waals surface area (Å²) in [5.74, 6) is 1.52. The van der Waals surface area contributed by atoms with Crippen LogP contribution >= 0.6 is 0 Å². The minimum absolute atomic E-state index is 0.738. The summed E-state index contributed by atoms with van der Waals surface area (Å²) in [7, 11) is 1.93. The fourth-order valence-electron chi connectivity index (χ4n) is 3.03. The Hall–Kier alpha value is -3.54. The second kappa shape index (κ2) is 5.24. The molecular formula is C19H15N5O. The van der Waals surface area contributed by atoms with Gasteiger partial charge in [-0.05, 0) is 36.4 Å². The molecule has 4 aromatic heterocycles. The molecule has 5 aromatic rings. The van der Waals surface area contributed by atoms with Crippen LogP contribution in [0, 0.1) is 0 Å². The van der Waals surface area contributed by atoms with Gasteiger partial charge in [0.15, 0.2) is 11.5 Å². The Morgan fingerprint density at radius 1 is 1.12 bits per heavy atom. The van der Waals surface area contributed by atoms with Crippen LogP contribution in [0.1, 0.15) is 0 Å². The number of rotatable bonds is 3. The van der Waals surface area contributed by atoms with Crippen LogP contribution in [0.15, 0.2) is 71.6 Å². The Kier molecular flexibility index (Phi) is 2.90. The van der Waals surface area contributed by atoms with Gasteiger partial charge in [-0.15, -0.1) is 5.10 Å². The molecule has 0 radical (unpaired) electrons. The Morgan fingerprint density at radius 3 is 2.96 bits per heavy atom. The van der Waals surface area contributed by atoms with E-state index in [9.17, 15) is 0 Å². The summed E-state index contributed by atoms with van der Waals surface area (Å²) in [6.07, 6.45) is 5.45. The van der Waals surface area contributed by atoms with Crippen molar-refractivity contribution >= 4 is 28.3 Å². The van der Waals surface area contributed by atoms with Crippen molar-refractivity contribution in [3.8, 4) is 11.3 Å². The van der Waals surface area contributed by atoms with E-state index in [1.54, 1.807) is 6.26 Å². The molecule has 6 nitrogen and oxygen atoms in total. The van der Waals surface area contributed by atoms with Crippen LogP contribution in [0.2, 0.25) is 0 Å².